The maximum absolute atomic E-state index is 3.97. The highest BCUT2D eigenvalue weighted by Crippen LogP contribution is 1.79. The molecule has 1 aromatic rings. The average molecular weight is 121 g/mol. The van der Waals surface area contributed by atoms with Crippen LogP contribution in [0, 0.1) is 6.92 Å². The fraction of sp³-hybridized carbons (Fsp3) is 0.200. The van der Waals surface area contributed by atoms with Crippen LogP contribution in [0.2, 0.25) is 0 Å². The van der Waals surface area contributed by atoms with Gasteiger partial charge in [-0.3, -0.25) is 9.97 Å². The number of hydrogen-bond donors (Lipinski definition) is 0. The predicted octanol–water partition coefficient (Wildman–Crippen LogP) is -0.421. The van der Waals surface area contributed by atoms with E-state index < -0.39 is 0 Å². The molecular formula is C5H5N2Si. The van der Waals surface area contributed by atoms with Gasteiger partial charge in [-0.2, -0.15) is 0 Å². The Balaban J connectivity index is 3.03. The van der Waals surface area contributed by atoms with Crippen LogP contribution in [0.25, 0.3) is 0 Å². The molecular weight excluding hydrogens is 116 g/mol. The maximum Gasteiger partial charge on any atom is 0.102 e. The van der Waals surface area contributed by atoms with E-state index in [0.717, 1.165) is 11.0 Å². The summed E-state index contributed by atoms with van der Waals surface area (Å²) in [5.41, 5.74) is 0.937. The molecule has 0 aliphatic carbocycles. The first-order chi connectivity index (χ1) is 3.79. The van der Waals surface area contributed by atoms with Crippen molar-refractivity contribution in [2.45, 2.75) is 6.92 Å². The third-order valence-corrected chi connectivity index (χ3v) is 1.04. The van der Waals surface area contributed by atoms with Gasteiger partial charge in [0.1, 0.15) is 10.2 Å². The van der Waals surface area contributed by atoms with Crippen LogP contribution >= 0.6 is 0 Å². The van der Waals surface area contributed by atoms with Crippen molar-refractivity contribution in [2.75, 3.05) is 0 Å². The number of aryl methyl sites for hydroxylation is 1. The quantitative estimate of drug-likeness (QED) is 0.436. The Morgan fingerprint density at radius 2 is 2.12 bits per heavy atom. The second kappa shape index (κ2) is 2.04. The van der Waals surface area contributed by atoms with Crippen molar-refractivity contribution in [2.24, 2.45) is 0 Å². The van der Waals surface area contributed by atoms with Crippen LogP contribution in [0.1, 0.15) is 5.69 Å². The molecule has 0 aliphatic rings. The highest BCUT2D eigenvalue weighted by atomic mass is 28.1. The van der Waals surface area contributed by atoms with Gasteiger partial charge in [-0.05, 0) is 6.92 Å². The van der Waals surface area contributed by atoms with Crippen molar-refractivity contribution >= 4 is 15.6 Å². The molecule has 0 saturated heterocycles. The molecule has 8 heavy (non-hydrogen) atoms. The highest BCUT2D eigenvalue weighted by molar-refractivity contribution is 6.30. The fourth-order valence-electron chi connectivity index (χ4n) is 0.393. The highest BCUT2D eigenvalue weighted by Gasteiger charge is 1.82. The summed E-state index contributed by atoms with van der Waals surface area (Å²) in [4.78, 5) is 7.90. The van der Waals surface area contributed by atoms with Crippen molar-refractivity contribution in [3.8, 4) is 0 Å². The van der Waals surface area contributed by atoms with Gasteiger partial charge in [-0.1, -0.05) is 0 Å². The molecule has 0 fully saturated rings. The van der Waals surface area contributed by atoms with Gasteiger partial charge in [0.05, 0.1) is 5.69 Å². The lowest BCUT2D eigenvalue weighted by Gasteiger charge is -1.88. The van der Waals surface area contributed by atoms with Gasteiger partial charge in [-0.25, -0.2) is 0 Å². The van der Waals surface area contributed by atoms with Crippen molar-refractivity contribution < 1.29 is 0 Å². The van der Waals surface area contributed by atoms with Gasteiger partial charge < -0.3 is 0 Å². The lowest BCUT2D eigenvalue weighted by atomic mass is 10.5. The van der Waals surface area contributed by atoms with E-state index in [0.29, 0.717) is 0 Å². The topological polar surface area (TPSA) is 25.8 Å². The normalized spacial score (nSPS) is 9.25. The summed E-state index contributed by atoms with van der Waals surface area (Å²) in [6.07, 6.45) is 3.38. The third-order valence-electron chi connectivity index (χ3n) is 0.781. The minimum absolute atomic E-state index is 0.774. The molecule has 1 rings (SSSR count). The second-order valence-corrected chi connectivity index (χ2v) is 2.06. The van der Waals surface area contributed by atoms with Crippen LogP contribution in [0.3, 0.4) is 0 Å². The lowest BCUT2D eigenvalue weighted by Crippen LogP contribution is -2.07. The largest absolute Gasteiger partial charge is 0.264 e. The summed E-state index contributed by atoms with van der Waals surface area (Å²) in [6.45, 7) is 1.90. The smallest absolute Gasteiger partial charge is 0.102 e. The summed E-state index contributed by atoms with van der Waals surface area (Å²) >= 11 is 0. The lowest BCUT2D eigenvalue weighted by molar-refractivity contribution is 1.14. The van der Waals surface area contributed by atoms with E-state index in [2.05, 4.69) is 20.2 Å². The maximum atomic E-state index is 3.97. The first kappa shape index (κ1) is 5.43. The van der Waals surface area contributed by atoms with Crippen LogP contribution in [0.5, 0.6) is 0 Å². The Morgan fingerprint density at radius 3 is 2.50 bits per heavy atom. The minimum atomic E-state index is 0.774. The van der Waals surface area contributed by atoms with Crippen molar-refractivity contribution in [3.63, 3.8) is 0 Å². The average Bonchev–Trinajstić information content (AvgIpc) is 1.77. The minimum Gasteiger partial charge on any atom is -0.264 e. The molecule has 0 aromatic carbocycles. The Labute approximate surface area is 51.4 Å². The zero-order valence-electron chi connectivity index (χ0n) is 4.55. The van der Waals surface area contributed by atoms with E-state index in [9.17, 15) is 0 Å². The Bertz CT molecular complexity index is 149. The molecule has 1 heterocycles. The van der Waals surface area contributed by atoms with Gasteiger partial charge in [-0.15, -0.1) is 0 Å². The molecule has 0 amide bonds. The molecule has 2 nitrogen and oxygen atoms in total. The number of nitrogens with zero attached hydrogens (tertiary/aromatic N) is 2. The van der Waals surface area contributed by atoms with Gasteiger partial charge in [0.15, 0.2) is 0 Å². The van der Waals surface area contributed by atoms with Crippen LogP contribution in [0.4, 0.5) is 0 Å². The zero-order chi connectivity index (χ0) is 5.98. The molecule has 0 aliphatic heterocycles. The van der Waals surface area contributed by atoms with E-state index in [1.54, 1.807) is 12.4 Å². The second-order valence-electron chi connectivity index (χ2n) is 1.54. The van der Waals surface area contributed by atoms with Crippen LogP contribution in [-0.2, 0) is 0 Å². The van der Waals surface area contributed by atoms with Crippen molar-refractivity contribution in [3.05, 3.63) is 18.1 Å². The summed E-state index contributed by atoms with van der Waals surface area (Å²) in [5.74, 6) is 0. The van der Waals surface area contributed by atoms with Crippen LogP contribution in [-0.4, -0.2) is 20.2 Å². The molecule has 0 spiro atoms. The Kier molecular flexibility index (Phi) is 1.39. The molecule has 1 aromatic heterocycles. The third kappa shape index (κ3) is 1.13. The van der Waals surface area contributed by atoms with Crippen LogP contribution in [0.15, 0.2) is 12.4 Å². The summed E-state index contributed by atoms with van der Waals surface area (Å²) < 4.78 is 0. The summed E-state index contributed by atoms with van der Waals surface area (Å²) in [6, 6.07) is 0. The Morgan fingerprint density at radius 1 is 1.38 bits per heavy atom. The standard InChI is InChI=1S/C5H5N2Si/c1-4-2-7-5(8)3-6-4/h2-3H,1H3. The van der Waals surface area contributed by atoms with Crippen molar-refractivity contribution in [1.82, 2.24) is 9.97 Å². The van der Waals surface area contributed by atoms with E-state index in [-0.39, 0.29) is 0 Å². The van der Waals surface area contributed by atoms with Gasteiger partial charge in [0, 0.05) is 17.7 Å². The number of rotatable bonds is 0. The predicted molar refractivity (Wildman–Crippen MR) is 32.2 cm³/mol. The molecule has 0 atom stereocenters. The summed E-state index contributed by atoms with van der Waals surface area (Å²) in [7, 11) is 3.22. The zero-order valence-corrected chi connectivity index (χ0v) is 5.55. The first-order valence-corrected chi connectivity index (χ1v) is 2.79. The van der Waals surface area contributed by atoms with Gasteiger partial charge >= 0.3 is 0 Å². The van der Waals surface area contributed by atoms with E-state index in [1.807, 2.05) is 6.92 Å². The van der Waals surface area contributed by atoms with Gasteiger partial charge in [0.2, 0.25) is 0 Å². The first-order valence-electron chi connectivity index (χ1n) is 2.29. The van der Waals surface area contributed by atoms with E-state index in [1.165, 1.54) is 0 Å². The molecule has 0 bridgehead atoms. The molecule has 39 valence electrons. The van der Waals surface area contributed by atoms with Gasteiger partial charge in [0.25, 0.3) is 0 Å². The molecule has 3 radical (unpaired) electrons. The fourth-order valence-corrected chi connectivity index (χ4v) is 0.522. The van der Waals surface area contributed by atoms with Crippen molar-refractivity contribution in [1.29, 1.82) is 0 Å². The van der Waals surface area contributed by atoms with E-state index >= 15 is 0 Å². The summed E-state index contributed by atoms with van der Waals surface area (Å²) in [5, 5.41) is 0.774. The molecule has 0 saturated carbocycles. The monoisotopic (exact) mass is 121 g/mol. The van der Waals surface area contributed by atoms with Crippen LogP contribution < -0.4 is 5.32 Å². The Hall–Kier alpha value is -0.703. The molecule has 3 heteroatoms. The molecule has 0 N–H and O–H groups in total. The number of aromatic nitrogens is 2. The SMILES string of the molecule is Cc1cnc([Si])cn1. The molecule has 0 unspecified atom stereocenters. The van der Waals surface area contributed by atoms with E-state index in [4.69, 9.17) is 0 Å². The number of hydrogen-bond acceptors (Lipinski definition) is 2.